The van der Waals surface area contributed by atoms with E-state index in [1.165, 1.54) is 0 Å². The van der Waals surface area contributed by atoms with Crippen molar-refractivity contribution in [3.63, 3.8) is 0 Å². The van der Waals surface area contributed by atoms with Crippen LogP contribution in [0.15, 0.2) is 42.5 Å². The van der Waals surface area contributed by atoms with E-state index in [1.54, 1.807) is 0 Å². The van der Waals surface area contributed by atoms with Gasteiger partial charge >= 0.3 is 27.0 Å². The van der Waals surface area contributed by atoms with Crippen LogP contribution in [0.4, 0.5) is 5.69 Å². The van der Waals surface area contributed by atoms with Crippen LogP contribution in [-0.2, 0) is 22.1 Å². The van der Waals surface area contributed by atoms with Gasteiger partial charge < -0.3 is 10.6 Å². The second-order valence-electron chi connectivity index (χ2n) is 4.31. The third-order valence-electron chi connectivity index (χ3n) is 3.19. The summed E-state index contributed by atoms with van der Waals surface area (Å²) in [5, 5.41) is 8.32. The van der Waals surface area contributed by atoms with Crippen molar-refractivity contribution >= 4 is 32.1 Å². The van der Waals surface area contributed by atoms with E-state index in [9.17, 15) is 4.79 Å². The third-order valence-corrected chi connectivity index (χ3v) is 3.19. The minimum atomic E-state index is -0.0195. The van der Waals surface area contributed by atoms with Crippen LogP contribution in [0.5, 0.6) is 0 Å². The van der Waals surface area contributed by atoms with Crippen LogP contribution < -0.4 is 10.6 Å². The molecule has 1 aliphatic rings. The van der Waals surface area contributed by atoms with Crippen LogP contribution in [0.3, 0.4) is 0 Å². The fourth-order valence-corrected chi connectivity index (χ4v) is 2.07. The van der Waals surface area contributed by atoms with E-state index < -0.39 is 0 Å². The Labute approximate surface area is 126 Å². The Morgan fingerprint density at radius 3 is 2.58 bits per heavy atom. The van der Waals surface area contributed by atoms with E-state index in [0.29, 0.717) is 0 Å². The fraction of sp³-hybridized carbons (Fsp3) is 0.214. The molecule has 1 heterocycles. The van der Waals surface area contributed by atoms with Crippen molar-refractivity contribution in [1.29, 1.82) is 0 Å². The summed E-state index contributed by atoms with van der Waals surface area (Å²) in [6, 6.07) is 14.0. The zero-order valence-corrected chi connectivity index (χ0v) is 12.7. The predicted molar refractivity (Wildman–Crippen MR) is 74.8 cm³/mol. The Morgan fingerprint density at radius 1 is 1.21 bits per heavy atom. The molecule has 1 saturated heterocycles. The molecule has 0 aromatic heterocycles. The molecular weight excluding hydrogens is 349 g/mol. The Morgan fingerprint density at radius 2 is 1.89 bits per heavy atom. The van der Waals surface area contributed by atoms with Crippen molar-refractivity contribution in [1.82, 2.24) is 5.32 Å². The third kappa shape index (κ3) is 3.33. The molecule has 1 atom stereocenters. The molecule has 3 rings (SSSR count). The molecule has 1 aliphatic heterocycles. The number of amides is 1. The summed E-state index contributed by atoms with van der Waals surface area (Å²) in [5.74, 6) is 0.0626. The van der Waals surface area contributed by atoms with Gasteiger partial charge in [-0.1, -0.05) is 36.4 Å². The van der Waals surface area contributed by atoms with Crippen LogP contribution >= 0.6 is 9.69 Å². The molecule has 0 unspecified atom stereocenters. The summed E-state index contributed by atoms with van der Waals surface area (Å²) in [6.45, 7) is 0.938. The standard InChI is InChI=1S/C14H14N2O.ClH.Ru/c17-14(13-8-9-15-13)16-12-7-3-5-10-4-1-2-6-11(10)12;;/h1-7,13,15H,8-9H2,(H,16,17);1H;/q;;+1/p-1/t13-;;/m0../s1. The van der Waals surface area contributed by atoms with E-state index in [4.69, 9.17) is 0 Å². The maximum atomic E-state index is 11.9. The number of fused-ring (bicyclic) bond motifs is 1. The fourth-order valence-electron chi connectivity index (χ4n) is 2.07. The number of carbonyl (C=O) groups excluding carboxylic acids is 1. The summed E-state index contributed by atoms with van der Waals surface area (Å²) in [5.41, 5.74) is 0.891. The second-order valence-corrected chi connectivity index (χ2v) is 4.31. The van der Waals surface area contributed by atoms with Gasteiger partial charge in [0.1, 0.15) is 0 Å². The normalized spacial score (nSPS) is 17.1. The molecule has 101 valence electrons. The van der Waals surface area contributed by atoms with Crippen LogP contribution in [-0.4, -0.2) is 18.5 Å². The summed E-state index contributed by atoms with van der Waals surface area (Å²) >= 11 is 1.82. The average Bonchev–Trinajstić information content (AvgIpc) is 2.39. The molecule has 0 aliphatic carbocycles. The summed E-state index contributed by atoms with van der Waals surface area (Å²) < 4.78 is 0. The van der Waals surface area contributed by atoms with E-state index in [1.807, 2.05) is 59.8 Å². The Balaban J connectivity index is 0.000000637. The van der Waals surface area contributed by atoms with Gasteiger partial charge in [0, 0.05) is 11.1 Å². The van der Waals surface area contributed by atoms with Gasteiger partial charge in [-0.15, -0.1) is 0 Å². The summed E-state index contributed by atoms with van der Waals surface area (Å²) in [4.78, 5) is 11.9. The molecule has 3 nitrogen and oxygen atoms in total. The SMILES string of the molecule is O=C(Nc1cccc2ccccc12)[C@@H]1CCN1.[Cl][Ru]. The molecular formula is C14H14ClN2ORu. The van der Waals surface area contributed by atoms with Gasteiger partial charge in [-0.05, 0) is 24.4 Å². The van der Waals surface area contributed by atoms with Gasteiger partial charge in [0.25, 0.3) is 0 Å². The first kappa shape index (κ1) is 14.5. The van der Waals surface area contributed by atoms with Gasteiger partial charge in [0.05, 0.1) is 6.04 Å². The average molecular weight is 363 g/mol. The molecule has 0 saturated carbocycles. The zero-order chi connectivity index (χ0) is 13.7. The Bertz CT molecular complexity index is 567. The number of anilines is 1. The van der Waals surface area contributed by atoms with Gasteiger partial charge in [-0.25, -0.2) is 0 Å². The van der Waals surface area contributed by atoms with E-state index in [-0.39, 0.29) is 11.9 Å². The van der Waals surface area contributed by atoms with E-state index in [2.05, 4.69) is 20.3 Å². The topological polar surface area (TPSA) is 41.1 Å². The Hall–Kier alpha value is -0.957. The number of nitrogens with one attached hydrogen (secondary N) is 2. The molecule has 1 amide bonds. The number of halogens is 1. The molecule has 1 fully saturated rings. The minimum absolute atomic E-state index is 0.0195. The van der Waals surface area contributed by atoms with E-state index >= 15 is 0 Å². The van der Waals surface area contributed by atoms with Gasteiger partial charge in [-0.3, -0.25) is 4.79 Å². The quantitative estimate of drug-likeness (QED) is 0.807. The summed E-state index contributed by atoms with van der Waals surface area (Å²) in [6.07, 6.45) is 0.927. The number of hydrogen-bond donors (Lipinski definition) is 2. The van der Waals surface area contributed by atoms with E-state index in [0.717, 1.165) is 29.4 Å². The molecule has 0 spiro atoms. The molecule has 19 heavy (non-hydrogen) atoms. The van der Waals surface area contributed by atoms with Gasteiger partial charge in [-0.2, -0.15) is 0 Å². The first-order valence-electron chi connectivity index (χ1n) is 6.00. The molecule has 0 radical (unpaired) electrons. The first-order valence-corrected chi connectivity index (χ1v) is 8.24. The van der Waals surface area contributed by atoms with Crippen molar-refractivity contribution in [3.05, 3.63) is 42.5 Å². The molecule has 5 heteroatoms. The Kier molecular flexibility index (Phi) is 5.32. The second kappa shape index (κ2) is 6.99. The number of rotatable bonds is 2. The van der Waals surface area contributed by atoms with Gasteiger partial charge in [0.15, 0.2) is 0 Å². The van der Waals surface area contributed by atoms with Crippen LogP contribution in [0.2, 0.25) is 0 Å². The van der Waals surface area contributed by atoms with Crippen molar-refractivity contribution in [2.45, 2.75) is 12.5 Å². The molecule has 2 aromatic carbocycles. The van der Waals surface area contributed by atoms with Crippen LogP contribution in [0.1, 0.15) is 6.42 Å². The van der Waals surface area contributed by atoms with Crippen LogP contribution in [0, 0.1) is 0 Å². The van der Waals surface area contributed by atoms with Crippen molar-refractivity contribution < 1.29 is 22.1 Å². The number of carbonyl (C=O) groups is 1. The monoisotopic (exact) mass is 363 g/mol. The van der Waals surface area contributed by atoms with Crippen molar-refractivity contribution in [3.8, 4) is 0 Å². The number of benzene rings is 2. The van der Waals surface area contributed by atoms with Gasteiger partial charge in [0.2, 0.25) is 5.91 Å². The summed E-state index contributed by atoms with van der Waals surface area (Å²) in [7, 11) is 4.57. The molecule has 2 N–H and O–H groups in total. The first-order chi connectivity index (χ1) is 9.34. The van der Waals surface area contributed by atoms with Crippen molar-refractivity contribution in [2.24, 2.45) is 0 Å². The number of hydrogen-bond acceptors (Lipinski definition) is 2. The predicted octanol–water partition coefficient (Wildman–Crippen LogP) is 2.83. The maximum absolute atomic E-state index is 11.9. The molecule has 0 bridgehead atoms. The zero-order valence-electron chi connectivity index (χ0n) is 10.2. The van der Waals surface area contributed by atoms with Crippen LogP contribution in [0.25, 0.3) is 10.8 Å². The molecule has 2 aromatic rings. The van der Waals surface area contributed by atoms with Crippen molar-refractivity contribution in [2.75, 3.05) is 11.9 Å².